The molecule has 0 unspecified atom stereocenters. The molecule has 1 amide bonds. The largest absolute Gasteiger partial charge is 0.383 e. The van der Waals surface area contributed by atoms with Crippen LogP contribution in [0.3, 0.4) is 0 Å². The first-order valence-electron chi connectivity index (χ1n) is 7.89. The Kier molecular flexibility index (Phi) is 6.79. The van der Waals surface area contributed by atoms with Gasteiger partial charge < -0.3 is 10.1 Å². The summed E-state index contributed by atoms with van der Waals surface area (Å²) >= 11 is 3.30. The first-order chi connectivity index (χ1) is 11.3. The maximum absolute atomic E-state index is 12.8. The van der Waals surface area contributed by atoms with Crippen molar-refractivity contribution < 1.29 is 17.9 Å². The zero-order valence-electron chi connectivity index (χ0n) is 13.9. The van der Waals surface area contributed by atoms with Crippen LogP contribution in [0.15, 0.2) is 33.6 Å². The van der Waals surface area contributed by atoms with Crippen molar-refractivity contribution in [3.8, 4) is 0 Å². The van der Waals surface area contributed by atoms with Gasteiger partial charge in [0, 0.05) is 30.7 Å². The van der Waals surface area contributed by atoms with E-state index in [0.717, 1.165) is 4.47 Å². The zero-order chi connectivity index (χ0) is 17.7. The molecule has 1 aliphatic heterocycles. The van der Waals surface area contributed by atoms with Crippen molar-refractivity contribution in [1.29, 1.82) is 0 Å². The first-order valence-corrected chi connectivity index (χ1v) is 10.1. The van der Waals surface area contributed by atoms with E-state index in [2.05, 4.69) is 21.2 Å². The van der Waals surface area contributed by atoms with E-state index in [1.807, 2.05) is 6.92 Å². The second-order valence-electron chi connectivity index (χ2n) is 6.02. The normalized spacial score (nSPS) is 20.5. The first kappa shape index (κ1) is 19.4. The minimum absolute atomic E-state index is 0.0963. The van der Waals surface area contributed by atoms with Crippen LogP contribution in [-0.4, -0.2) is 51.5 Å². The van der Waals surface area contributed by atoms with Crippen molar-refractivity contribution in [1.82, 2.24) is 9.62 Å². The van der Waals surface area contributed by atoms with E-state index in [4.69, 9.17) is 4.74 Å². The van der Waals surface area contributed by atoms with Gasteiger partial charge in [0.05, 0.1) is 17.4 Å². The highest BCUT2D eigenvalue weighted by Crippen LogP contribution is 2.25. The molecular weight excluding hydrogens is 396 g/mol. The highest BCUT2D eigenvalue weighted by Gasteiger charge is 2.33. The van der Waals surface area contributed by atoms with Gasteiger partial charge in [-0.1, -0.05) is 15.9 Å². The molecule has 0 spiro atoms. The number of ether oxygens (including phenoxy) is 1. The molecular formula is C16H23BrN2O4S. The number of piperidine rings is 1. The van der Waals surface area contributed by atoms with Crippen LogP contribution < -0.4 is 5.32 Å². The Morgan fingerprint density at radius 1 is 1.42 bits per heavy atom. The second-order valence-corrected chi connectivity index (χ2v) is 8.87. The van der Waals surface area contributed by atoms with Crippen LogP contribution in [0.5, 0.6) is 0 Å². The summed E-state index contributed by atoms with van der Waals surface area (Å²) in [5.41, 5.74) is 0. The van der Waals surface area contributed by atoms with Gasteiger partial charge in [0.2, 0.25) is 15.9 Å². The average molecular weight is 419 g/mol. The molecule has 0 saturated carbocycles. The highest BCUT2D eigenvalue weighted by atomic mass is 79.9. The summed E-state index contributed by atoms with van der Waals surface area (Å²) in [4.78, 5) is 12.6. The average Bonchev–Trinajstić information content (AvgIpc) is 2.55. The van der Waals surface area contributed by atoms with Crippen molar-refractivity contribution in [3.05, 3.63) is 28.7 Å². The van der Waals surface area contributed by atoms with Crippen molar-refractivity contribution in [2.75, 3.05) is 26.8 Å². The molecule has 134 valence electrons. The Hall–Kier alpha value is -0.960. The number of benzene rings is 1. The third-order valence-corrected chi connectivity index (χ3v) is 6.42. The molecule has 1 aromatic rings. The van der Waals surface area contributed by atoms with E-state index in [0.29, 0.717) is 26.0 Å². The molecule has 0 radical (unpaired) electrons. The number of hydrogen-bond donors (Lipinski definition) is 1. The second kappa shape index (κ2) is 8.42. The molecule has 1 aromatic carbocycles. The fourth-order valence-corrected chi connectivity index (χ4v) is 4.57. The summed E-state index contributed by atoms with van der Waals surface area (Å²) in [6.07, 6.45) is 1.37. The lowest BCUT2D eigenvalue weighted by molar-refractivity contribution is -0.127. The molecule has 1 saturated heterocycles. The lowest BCUT2D eigenvalue weighted by Gasteiger charge is -2.31. The van der Waals surface area contributed by atoms with Gasteiger partial charge in [-0.25, -0.2) is 8.42 Å². The Morgan fingerprint density at radius 3 is 2.71 bits per heavy atom. The summed E-state index contributed by atoms with van der Waals surface area (Å²) in [5.74, 6) is -0.446. The molecule has 2 atom stereocenters. The number of nitrogens with one attached hydrogen (secondary N) is 1. The van der Waals surface area contributed by atoms with Crippen LogP contribution in [0.2, 0.25) is 0 Å². The SMILES string of the molecule is COC[C@H](C)NC(=O)[C@@H]1CCCN(S(=O)(=O)c2ccc(Br)cc2)C1. The lowest BCUT2D eigenvalue weighted by atomic mass is 9.98. The van der Waals surface area contributed by atoms with Crippen LogP contribution in [0.4, 0.5) is 0 Å². The van der Waals surface area contributed by atoms with Gasteiger partial charge in [-0.15, -0.1) is 0 Å². The third kappa shape index (κ3) is 4.78. The van der Waals surface area contributed by atoms with Gasteiger partial charge in [-0.05, 0) is 44.0 Å². The topological polar surface area (TPSA) is 75.7 Å². The smallest absolute Gasteiger partial charge is 0.243 e. The van der Waals surface area contributed by atoms with Crippen molar-refractivity contribution in [3.63, 3.8) is 0 Å². The Balaban J connectivity index is 2.07. The van der Waals surface area contributed by atoms with Crippen LogP contribution in [0.25, 0.3) is 0 Å². The van der Waals surface area contributed by atoms with E-state index < -0.39 is 10.0 Å². The number of hydrogen-bond acceptors (Lipinski definition) is 4. The van der Waals surface area contributed by atoms with Crippen molar-refractivity contribution in [2.24, 2.45) is 5.92 Å². The van der Waals surface area contributed by atoms with Crippen LogP contribution >= 0.6 is 15.9 Å². The number of nitrogens with zero attached hydrogens (tertiary/aromatic N) is 1. The molecule has 0 aromatic heterocycles. The maximum Gasteiger partial charge on any atom is 0.243 e. The van der Waals surface area contributed by atoms with Crippen LogP contribution in [0, 0.1) is 5.92 Å². The number of carbonyl (C=O) groups excluding carboxylic acids is 1. The standard InChI is InChI=1S/C16H23BrN2O4S/c1-12(11-23-2)18-16(20)13-4-3-9-19(10-13)24(21,22)15-7-5-14(17)6-8-15/h5-8,12-13H,3-4,9-11H2,1-2H3,(H,18,20)/t12-,13+/m0/s1. The van der Waals surface area contributed by atoms with E-state index in [-0.39, 0.29) is 29.3 Å². The fourth-order valence-electron chi connectivity index (χ4n) is 2.78. The van der Waals surface area contributed by atoms with Crippen LogP contribution in [-0.2, 0) is 19.6 Å². The number of carbonyl (C=O) groups is 1. The minimum atomic E-state index is -3.58. The molecule has 1 N–H and O–H groups in total. The molecule has 1 aliphatic rings. The molecule has 0 bridgehead atoms. The highest BCUT2D eigenvalue weighted by molar-refractivity contribution is 9.10. The number of halogens is 1. The lowest BCUT2D eigenvalue weighted by Crippen LogP contribution is -2.47. The Morgan fingerprint density at radius 2 is 2.08 bits per heavy atom. The van der Waals surface area contributed by atoms with Gasteiger partial charge in [0.15, 0.2) is 0 Å². The van der Waals surface area contributed by atoms with E-state index in [9.17, 15) is 13.2 Å². The van der Waals surface area contributed by atoms with E-state index in [1.54, 1.807) is 31.4 Å². The molecule has 1 heterocycles. The maximum atomic E-state index is 12.8. The summed E-state index contributed by atoms with van der Waals surface area (Å²) < 4.78 is 32.7. The van der Waals surface area contributed by atoms with E-state index in [1.165, 1.54) is 4.31 Å². The zero-order valence-corrected chi connectivity index (χ0v) is 16.3. The number of sulfonamides is 1. The van der Waals surface area contributed by atoms with E-state index >= 15 is 0 Å². The monoisotopic (exact) mass is 418 g/mol. The Bertz CT molecular complexity index is 663. The summed E-state index contributed by atoms with van der Waals surface area (Å²) in [5, 5.41) is 2.88. The van der Waals surface area contributed by atoms with Gasteiger partial charge in [0.1, 0.15) is 0 Å². The molecule has 8 heteroatoms. The molecule has 2 rings (SSSR count). The molecule has 6 nitrogen and oxygen atoms in total. The third-order valence-electron chi connectivity index (χ3n) is 4.01. The fraction of sp³-hybridized carbons (Fsp3) is 0.562. The molecule has 1 fully saturated rings. The van der Waals surface area contributed by atoms with Crippen LogP contribution in [0.1, 0.15) is 19.8 Å². The van der Waals surface area contributed by atoms with Gasteiger partial charge in [-0.2, -0.15) is 4.31 Å². The van der Waals surface area contributed by atoms with Gasteiger partial charge in [-0.3, -0.25) is 4.79 Å². The Labute approximate surface area is 151 Å². The van der Waals surface area contributed by atoms with Crippen molar-refractivity contribution >= 4 is 31.9 Å². The predicted molar refractivity (Wildman–Crippen MR) is 95.1 cm³/mol. The predicted octanol–water partition coefficient (Wildman–Crippen LogP) is 2.00. The van der Waals surface area contributed by atoms with Crippen molar-refractivity contribution in [2.45, 2.75) is 30.7 Å². The molecule has 24 heavy (non-hydrogen) atoms. The quantitative estimate of drug-likeness (QED) is 0.766. The summed E-state index contributed by atoms with van der Waals surface area (Å²) in [6, 6.07) is 6.45. The summed E-state index contributed by atoms with van der Waals surface area (Å²) in [6.45, 7) is 2.94. The summed E-state index contributed by atoms with van der Waals surface area (Å²) in [7, 11) is -2.00. The van der Waals surface area contributed by atoms with Gasteiger partial charge >= 0.3 is 0 Å². The number of amides is 1. The minimum Gasteiger partial charge on any atom is -0.383 e. The molecule has 0 aliphatic carbocycles. The number of rotatable bonds is 6. The number of methoxy groups -OCH3 is 1. The van der Waals surface area contributed by atoms with Gasteiger partial charge in [0.25, 0.3) is 0 Å².